The van der Waals surface area contributed by atoms with Crippen LogP contribution < -0.4 is 14.2 Å². The fourth-order valence-corrected chi connectivity index (χ4v) is 3.68. The van der Waals surface area contributed by atoms with Crippen LogP contribution in [0.5, 0.6) is 17.5 Å². The number of nitrogens with zero attached hydrogens (tertiary/aromatic N) is 4. The molecule has 0 aliphatic carbocycles. The topological polar surface area (TPSA) is 102 Å². The van der Waals surface area contributed by atoms with E-state index in [0.29, 0.717) is 42.1 Å². The SMILES string of the molecule is COc1ccc(OC)c(-c2cc(C(=O)N3CCCC(Oc4nccc(C(F)(F)F)n4)C3)[nH]n2)c1. The van der Waals surface area contributed by atoms with Crippen LogP contribution in [-0.2, 0) is 6.18 Å². The van der Waals surface area contributed by atoms with Crippen molar-refractivity contribution in [2.45, 2.75) is 25.1 Å². The lowest BCUT2D eigenvalue weighted by atomic mass is 10.1. The third-order valence-electron chi connectivity index (χ3n) is 5.35. The van der Waals surface area contributed by atoms with Crippen LogP contribution in [0.3, 0.4) is 0 Å². The molecule has 1 N–H and O–H groups in total. The molecule has 1 amide bonds. The maximum absolute atomic E-state index is 13.1. The van der Waals surface area contributed by atoms with Gasteiger partial charge < -0.3 is 19.1 Å². The standard InChI is InChI=1S/C22H22F3N5O4/c1-32-13-5-6-18(33-2)15(10-13)16-11-17(29-28-16)20(31)30-9-3-4-14(12-30)34-21-26-8-7-19(27-21)22(23,24)25/h5-8,10-11,14H,3-4,9,12H2,1-2H3,(H,28,29). The molecule has 0 radical (unpaired) electrons. The highest BCUT2D eigenvalue weighted by molar-refractivity contribution is 5.93. The van der Waals surface area contributed by atoms with Crippen molar-refractivity contribution in [2.75, 3.05) is 27.3 Å². The van der Waals surface area contributed by atoms with Crippen molar-refractivity contribution < 1.29 is 32.2 Å². The van der Waals surface area contributed by atoms with Gasteiger partial charge in [-0.3, -0.25) is 9.89 Å². The Labute approximate surface area is 192 Å². The van der Waals surface area contributed by atoms with E-state index in [4.69, 9.17) is 14.2 Å². The summed E-state index contributed by atoms with van der Waals surface area (Å²) < 4.78 is 54.9. The summed E-state index contributed by atoms with van der Waals surface area (Å²) in [5, 5.41) is 6.99. The molecule has 1 aliphatic heterocycles. The summed E-state index contributed by atoms with van der Waals surface area (Å²) in [6.07, 6.45) is -2.98. The molecule has 1 atom stereocenters. The van der Waals surface area contributed by atoms with Crippen molar-refractivity contribution in [1.29, 1.82) is 0 Å². The minimum absolute atomic E-state index is 0.176. The molecule has 0 bridgehead atoms. The van der Waals surface area contributed by atoms with E-state index in [1.807, 2.05) is 0 Å². The fourth-order valence-electron chi connectivity index (χ4n) is 3.68. The number of H-pyrrole nitrogens is 1. The van der Waals surface area contributed by atoms with Gasteiger partial charge in [0.2, 0.25) is 0 Å². The number of benzene rings is 1. The number of aromatic nitrogens is 4. The van der Waals surface area contributed by atoms with Gasteiger partial charge in [-0.05, 0) is 43.2 Å². The Hall–Kier alpha value is -3.83. The molecule has 1 aromatic carbocycles. The molecule has 1 aliphatic rings. The van der Waals surface area contributed by atoms with Crippen LogP contribution >= 0.6 is 0 Å². The summed E-state index contributed by atoms with van der Waals surface area (Å²) in [5.74, 6) is 0.872. The minimum atomic E-state index is -4.60. The summed E-state index contributed by atoms with van der Waals surface area (Å²) in [6.45, 7) is 0.647. The maximum Gasteiger partial charge on any atom is 0.433 e. The Morgan fingerprint density at radius 3 is 2.74 bits per heavy atom. The normalized spacial score (nSPS) is 16.3. The average molecular weight is 477 g/mol. The third kappa shape index (κ3) is 5.05. The first-order chi connectivity index (χ1) is 16.3. The first-order valence-corrected chi connectivity index (χ1v) is 10.4. The summed E-state index contributed by atoms with van der Waals surface area (Å²) in [4.78, 5) is 21.8. The Balaban J connectivity index is 1.47. The Kier molecular flexibility index (Phi) is 6.57. The van der Waals surface area contributed by atoms with E-state index in [9.17, 15) is 18.0 Å². The highest BCUT2D eigenvalue weighted by atomic mass is 19.4. The van der Waals surface area contributed by atoms with Crippen LogP contribution in [0.15, 0.2) is 36.5 Å². The lowest BCUT2D eigenvalue weighted by molar-refractivity contribution is -0.141. The molecule has 0 saturated carbocycles. The van der Waals surface area contributed by atoms with Gasteiger partial charge in [0.25, 0.3) is 5.91 Å². The van der Waals surface area contributed by atoms with Gasteiger partial charge in [-0.2, -0.15) is 23.3 Å². The van der Waals surface area contributed by atoms with Crippen LogP contribution in [0.4, 0.5) is 13.2 Å². The number of carbonyl (C=O) groups is 1. The number of halogens is 3. The molecule has 4 rings (SSSR count). The van der Waals surface area contributed by atoms with E-state index in [-0.39, 0.29) is 24.2 Å². The second-order valence-electron chi connectivity index (χ2n) is 7.59. The van der Waals surface area contributed by atoms with Crippen molar-refractivity contribution in [3.63, 3.8) is 0 Å². The lowest BCUT2D eigenvalue weighted by Gasteiger charge is -2.32. The molecule has 1 unspecified atom stereocenters. The molecular formula is C22H22F3N5O4. The summed E-state index contributed by atoms with van der Waals surface area (Å²) in [5.41, 5.74) is 0.329. The fraction of sp³-hybridized carbons (Fsp3) is 0.364. The van der Waals surface area contributed by atoms with Gasteiger partial charge in [0, 0.05) is 18.3 Å². The number of nitrogens with one attached hydrogen (secondary N) is 1. The third-order valence-corrected chi connectivity index (χ3v) is 5.35. The van der Waals surface area contributed by atoms with E-state index >= 15 is 0 Å². The molecule has 3 aromatic rings. The van der Waals surface area contributed by atoms with Gasteiger partial charge in [0.05, 0.1) is 26.5 Å². The predicted octanol–water partition coefficient (Wildman–Crippen LogP) is 3.59. The van der Waals surface area contributed by atoms with Crippen molar-refractivity contribution in [1.82, 2.24) is 25.1 Å². The Morgan fingerprint density at radius 1 is 1.18 bits per heavy atom. The lowest BCUT2D eigenvalue weighted by Crippen LogP contribution is -2.44. The van der Waals surface area contributed by atoms with E-state index in [0.717, 1.165) is 12.3 Å². The summed E-state index contributed by atoms with van der Waals surface area (Å²) in [7, 11) is 3.08. The van der Waals surface area contributed by atoms with E-state index in [1.54, 1.807) is 36.3 Å². The molecule has 3 heterocycles. The molecule has 12 heteroatoms. The molecule has 1 fully saturated rings. The van der Waals surface area contributed by atoms with E-state index in [1.165, 1.54) is 7.11 Å². The zero-order chi connectivity index (χ0) is 24.3. The first kappa shape index (κ1) is 23.3. The van der Waals surface area contributed by atoms with Crippen LogP contribution in [0.1, 0.15) is 29.0 Å². The summed E-state index contributed by atoms with van der Waals surface area (Å²) >= 11 is 0. The molecule has 9 nitrogen and oxygen atoms in total. The van der Waals surface area contributed by atoms with Crippen LogP contribution in [-0.4, -0.2) is 64.4 Å². The number of ether oxygens (including phenoxy) is 3. The molecule has 1 saturated heterocycles. The van der Waals surface area contributed by atoms with Crippen molar-refractivity contribution in [2.24, 2.45) is 0 Å². The van der Waals surface area contributed by atoms with Crippen molar-refractivity contribution in [3.05, 3.63) is 47.9 Å². The molecule has 34 heavy (non-hydrogen) atoms. The van der Waals surface area contributed by atoms with E-state index < -0.39 is 18.0 Å². The van der Waals surface area contributed by atoms with Crippen molar-refractivity contribution in [3.8, 4) is 28.8 Å². The molecule has 2 aromatic heterocycles. The highest BCUT2D eigenvalue weighted by Crippen LogP contribution is 2.33. The Bertz CT molecular complexity index is 1170. The number of aromatic amines is 1. The zero-order valence-electron chi connectivity index (χ0n) is 18.4. The number of likely N-dealkylation sites (tertiary alicyclic amines) is 1. The van der Waals surface area contributed by atoms with Gasteiger partial charge in [-0.25, -0.2) is 4.98 Å². The van der Waals surface area contributed by atoms with Crippen molar-refractivity contribution >= 4 is 5.91 Å². The van der Waals surface area contributed by atoms with Crippen LogP contribution in [0, 0.1) is 0 Å². The Morgan fingerprint density at radius 2 is 2.00 bits per heavy atom. The number of piperidine rings is 1. The number of rotatable bonds is 6. The first-order valence-electron chi connectivity index (χ1n) is 10.4. The quantitative estimate of drug-likeness (QED) is 0.579. The van der Waals surface area contributed by atoms with Gasteiger partial charge >= 0.3 is 12.2 Å². The molecular weight excluding hydrogens is 455 g/mol. The summed E-state index contributed by atoms with van der Waals surface area (Å²) in [6, 6.07) is 7.26. The van der Waals surface area contributed by atoms with Crippen LogP contribution in [0.25, 0.3) is 11.3 Å². The van der Waals surface area contributed by atoms with Gasteiger partial charge in [0.15, 0.2) is 5.69 Å². The largest absolute Gasteiger partial charge is 0.497 e. The molecule has 0 spiro atoms. The number of alkyl halides is 3. The van der Waals surface area contributed by atoms with Gasteiger partial charge in [-0.15, -0.1) is 0 Å². The monoisotopic (exact) mass is 477 g/mol. The average Bonchev–Trinajstić information content (AvgIpc) is 3.33. The number of methoxy groups -OCH3 is 2. The van der Waals surface area contributed by atoms with Crippen LogP contribution in [0.2, 0.25) is 0 Å². The highest BCUT2D eigenvalue weighted by Gasteiger charge is 2.34. The molecule has 180 valence electrons. The number of hydrogen-bond acceptors (Lipinski definition) is 7. The number of hydrogen-bond donors (Lipinski definition) is 1. The zero-order valence-corrected chi connectivity index (χ0v) is 18.4. The maximum atomic E-state index is 13.1. The van der Waals surface area contributed by atoms with Gasteiger partial charge in [-0.1, -0.05) is 0 Å². The van der Waals surface area contributed by atoms with E-state index in [2.05, 4.69) is 20.2 Å². The smallest absolute Gasteiger partial charge is 0.433 e. The minimum Gasteiger partial charge on any atom is -0.497 e. The number of carbonyl (C=O) groups excluding carboxylic acids is 1. The predicted molar refractivity (Wildman–Crippen MR) is 114 cm³/mol. The second-order valence-corrected chi connectivity index (χ2v) is 7.59. The van der Waals surface area contributed by atoms with Gasteiger partial charge in [0.1, 0.15) is 23.3 Å². The number of amides is 1. The second kappa shape index (κ2) is 9.57.